The quantitative estimate of drug-likeness (QED) is 0.458. The Morgan fingerprint density at radius 1 is 1.31 bits per heavy atom. The van der Waals surface area contributed by atoms with E-state index in [1.807, 2.05) is 6.07 Å². The third-order valence-electron chi connectivity index (χ3n) is 6.05. The van der Waals surface area contributed by atoms with Crippen molar-refractivity contribution in [1.82, 2.24) is 14.7 Å². The maximum absolute atomic E-state index is 13.0. The first-order valence-corrected chi connectivity index (χ1v) is 12.8. The van der Waals surface area contributed by atoms with Gasteiger partial charge in [0.15, 0.2) is 5.58 Å². The molecule has 1 saturated heterocycles. The molecule has 0 saturated carbocycles. The molecule has 0 spiro atoms. The van der Waals surface area contributed by atoms with Gasteiger partial charge in [-0.15, -0.1) is 0 Å². The average Bonchev–Trinajstić information content (AvgIpc) is 3.30. The third-order valence-corrected chi connectivity index (χ3v) is 8.13. The Balaban J connectivity index is 1.49. The number of hydrogen-bond donors (Lipinski definition) is 2. The number of likely N-dealkylation sites (tertiary alicyclic amines) is 1. The number of halogens is 1. The molecule has 8 nitrogen and oxygen atoms in total. The Morgan fingerprint density at radius 3 is 2.84 bits per heavy atom. The number of rotatable bonds is 8. The van der Waals surface area contributed by atoms with Crippen LogP contribution in [0.15, 0.2) is 33.8 Å². The normalized spacial score (nSPS) is 17.7. The van der Waals surface area contributed by atoms with Crippen molar-refractivity contribution in [2.24, 2.45) is 7.05 Å². The van der Waals surface area contributed by atoms with E-state index in [4.69, 9.17) is 16.0 Å². The van der Waals surface area contributed by atoms with Crippen LogP contribution in [0.3, 0.4) is 0 Å². The van der Waals surface area contributed by atoms with E-state index in [-0.39, 0.29) is 10.0 Å². The van der Waals surface area contributed by atoms with E-state index in [1.54, 1.807) is 32.4 Å². The van der Waals surface area contributed by atoms with Gasteiger partial charge in [-0.1, -0.05) is 18.0 Å². The molecule has 3 aromatic rings. The van der Waals surface area contributed by atoms with Crippen LogP contribution in [0.25, 0.3) is 11.0 Å². The first-order chi connectivity index (χ1) is 15.3. The molecule has 1 fully saturated rings. The van der Waals surface area contributed by atoms with Gasteiger partial charge in [-0.3, -0.25) is 9.40 Å². The minimum absolute atomic E-state index is 0.0147. The van der Waals surface area contributed by atoms with Crippen molar-refractivity contribution in [3.8, 4) is 0 Å². The Morgan fingerprint density at radius 2 is 2.12 bits per heavy atom. The molecule has 0 amide bonds. The highest BCUT2D eigenvalue weighted by Gasteiger charge is 2.26. The van der Waals surface area contributed by atoms with Crippen molar-refractivity contribution in [1.29, 1.82) is 0 Å². The van der Waals surface area contributed by atoms with Crippen molar-refractivity contribution < 1.29 is 12.8 Å². The molecule has 1 aromatic carbocycles. The summed E-state index contributed by atoms with van der Waals surface area (Å²) in [6.45, 7) is 6.89. The second kappa shape index (κ2) is 9.33. The highest BCUT2D eigenvalue weighted by molar-refractivity contribution is 7.92. The number of nitrogens with zero attached hydrogens (tertiary/aromatic N) is 3. The second-order valence-corrected chi connectivity index (χ2v) is 10.4. The van der Waals surface area contributed by atoms with Crippen molar-refractivity contribution in [2.45, 2.75) is 50.5 Å². The van der Waals surface area contributed by atoms with Gasteiger partial charge in [0.05, 0.1) is 23.3 Å². The fourth-order valence-electron chi connectivity index (χ4n) is 4.39. The Hall–Kier alpha value is -2.23. The molecule has 1 aliphatic heterocycles. The SMILES string of the molecule is Cc1nn(C)c(Cl)c1S(=O)(=O)Nc1cc(NCCCN2CCCCC2C)c2occc2c1. The smallest absolute Gasteiger partial charge is 0.266 e. The van der Waals surface area contributed by atoms with E-state index < -0.39 is 10.0 Å². The van der Waals surface area contributed by atoms with Crippen LogP contribution >= 0.6 is 11.6 Å². The van der Waals surface area contributed by atoms with Crippen molar-refractivity contribution >= 4 is 44.0 Å². The van der Waals surface area contributed by atoms with Gasteiger partial charge >= 0.3 is 0 Å². The van der Waals surface area contributed by atoms with Gasteiger partial charge < -0.3 is 14.6 Å². The molecule has 0 aliphatic carbocycles. The van der Waals surface area contributed by atoms with E-state index in [0.29, 0.717) is 23.0 Å². The molecular weight excluding hydrogens is 450 g/mol. The van der Waals surface area contributed by atoms with Gasteiger partial charge in [0, 0.05) is 31.6 Å². The minimum Gasteiger partial charge on any atom is -0.462 e. The summed E-state index contributed by atoms with van der Waals surface area (Å²) in [7, 11) is -2.29. The van der Waals surface area contributed by atoms with E-state index >= 15 is 0 Å². The fourth-order valence-corrected chi connectivity index (χ4v) is 6.18. The Bertz CT molecular complexity index is 1200. The topological polar surface area (TPSA) is 92.4 Å². The first-order valence-electron chi connectivity index (χ1n) is 11.0. The van der Waals surface area contributed by atoms with E-state index in [1.165, 1.54) is 23.9 Å². The maximum atomic E-state index is 13.0. The number of aromatic nitrogens is 2. The lowest BCUT2D eigenvalue weighted by atomic mass is 10.0. The lowest BCUT2D eigenvalue weighted by Gasteiger charge is -2.33. The summed E-state index contributed by atoms with van der Waals surface area (Å²) < 4.78 is 35.7. The average molecular weight is 480 g/mol. The third kappa shape index (κ3) is 4.74. The Labute approximate surface area is 194 Å². The van der Waals surface area contributed by atoms with Crippen LogP contribution in [0.5, 0.6) is 0 Å². The number of anilines is 2. The van der Waals surface area contributed by atoms with E-state index in [2.05, 4.69) is 27.0 Å². The molecular formula is C22H30ClN5O3S. The van der Waals surface area contributed by atoms with Crippen molar-refractivity contribution in [2.75, 3.05) is 29.7 Å². The van der Waals surface area contributed by atoms with Crippen LogP contribution < -0.4 is 10.0 Å². The molecule has 2 aromatic heterocycles. The van der Waals surface area contributed by atoms with Gasteiger partial charge in [0.2, 0.25) is 0 Å². The largest absolute Gasteiger partial charge is 0.462 e. The van der Waals surface area contributed by atoms with Crippen molar-refractivity contribution in [3.63, 3.8) is 0 Å². The van der Waals surface area contributed by atoms with Crippen LogP contribution in [0.1, 0.15) is 38.3 Å². The van der Waals surface area contributed by atoms with Crippen LogP contribution in [0.2, 0.25) is 5.15 Å². The summed E-state index contributed by atoms with van der Waals surface area (Å²) in [5.41, 5.74) is 2.24. The molecule has 0 radical (unpaired) electrons. The fraction of sp³-hybridized carbons (Fsp3) is 0.500. The number of furan rings is 1. The number of nitrogens with one attached hydrogen (secondary N) is 2. The highest BCUT2D eigenvalue weighted by atomic mass is 35.5. The van der Waals surface area contributed by atoms with E-state index in [9.17, 15) is 8.42 Å². The van der Waals surface area contributed by atoms with Crippen LogP contribution in [0, 0.1) is 6.92 Å². The monoisotopic (exact) mass is 479 g/mol. The molecule has 1 aliphatic rings. The molecule has 32 heavy (non-hydrogen) atoms. The summed E-state index contributed by atoms with van der Waals surface area (Å²) in [5.74, 6) is 0. The number of hydrogen-bond acceptors (Lipinski definition) is 6. The van der Waals surface area contributed by atoms with Crippen LogP contribution in [-0.4, -0.2) is 48.8 Å². The number of piperidine rings is 1. The zero-order valence-corrected chi connectivity index (χ0v) is 20.3. The molecule has 174 valence electrons. The highest BCUT2D eigenvalue weighted by Crippen LogP contribution is 2.32. The predicted molar refractivity (Wildman–Crippen MR) is 128 cm³/mol. The number of fused-ring (bicyclic) bond motifs is 1. The van der Waals surface area contributed by atoms with Gasteiger partial charge in [-0.2, -0.15) is 5.10 Å². The molecule has 1 atom stereocenters. The predicted octanol–water partition coefficient (Wildman–Crippen LogP) is 4.61. The van der Waals surface area contributed by atoms with Crippen LogP contribution in [0.4, 0.5) is 11.4 Å². The molecule has 2 N–H and O–H groups in total. The summed E-state index contributed by atoms with van der Waals surface area (Å²) in [6, 6.07) is 5.96. The van der Waals surface area contributed by atoms with Gasteiger partial charge in [0.25, 0.3) is 10.0 Å². The second-order valence-electron chi connectivity index (χ2n) is 8.46. The summed E-state index contributed by atoms with van der Waals surface area (Å²) >= 11 is 6.18. The maximum Gasteiger partial charge on any atom is 0.266 e. The van der Waals surface area contributed by atoms with Crippen LogP contribution in [-0.2, 0) is 17.1 Å². The first kappa shape index (κ1) is 22.9. The number of benzene rings is 1. The van der Waals surface area contributed by atoms with Gasteiger partial charge in [-0.25, -0.2) is 8.42 Å². The summed E-state index contributed by atoms with van der Waals surface area (Å²) in [4.78, 5) is 2.53. The van der Waals surface area contributed by atoms with Gasteiger partial charge in [-0.05, 0) is 57.9 Å². The Kier molecular flexibility index (Phi) is 6.69. The molecule has 0 bridgehead atoms. The van der Waals surface area contributed by atoms with Gasteiger partial charge in [0.1, 0.15) is 10.0 Å². The standard InChI is InChI=1S/C22H30ClN5O3S/c1-15-7-4-5-10-28(15)11-6-9-24-19-14-18(13-17-8-12-31-20(17)19)26-32(29,30)21-16(2)25-27(3)22(21)23/h8,12-15,24,26H,4-7,9-11H2,1-3H3. The lowest BCUT2D eigenvalue weighted by molar-refractivity contribution is 0.160. The zero-order valence-electron chi connectivity index (χ0n) is 18.7. The molecule has 4 rings (SSSR count). The lowest BCUT2D eigenvalue weighted by Crippen LogP contribution is -2.38. The zero-order chi connectivity index (χ0) is 22.9. The van der Waals surface area contributed by atoms with Crippen molar-refractivity contribution in [3.05, 3.63) is 35.3 Å². The summed E-state index contributed by atoms with van der Waals surface area (Å²) in [5, 5.41) is 8.41. The minimum atomic E-state index is -3.90. The summed E-state index contributed by atoms with van der Waals surface area (Å²) in [6.07, 6.45) is 6.45. The molecule has 3 heterocycles. The molecule has 1 unspecified atom stereocenters. The number of aryl methyl sites for hydroxylation is 2. The number of sulfonamides is 1. The van der Waals surface area contributed by atoms with E-state index in [0.717, 1.165) is 37.1 Å². The molecule has 10 heteroatoms.